The van der Waals surface area contributed by atoms with Crippen LogP contribution in [-0.2, 0) is 24.8 Å². The molecule has 0 saturated heterocycles. The normalized spacial score (nSPS) is 10.8. The highest BCUT2D eigenvalue weighted by molar-refractivity contribution is 6.05. The molecule has 0 saturated carbocycles. The molecule has 9 nitrogen and oxygen atoms in total. The molecule has 0 aliphatic carbocycles. The zero-order valence-electron chi connectivity index (χ0n) is 16.5. The minimum Gasteiger partial charge on any atom is -0.276 e. The van der Waals surface area contributed by atoms with E-state index in [-0.39, 0.29) is 23.6 Å². The van der Waals surface area contributed by atoms with E-state index in [4.69, 9.17) is 0 Å². The van der Waals surface area contributed by atoms with Crippen LogP contribution in [0.4, 0.5) is 0 Å². The number of nitrogens with zero attached hydrogens (tertiary/aromatic N) is 4. The third-order valence-electron chi connectivity index (χ3n) is 4.49. The summed E-state index contributed by atoms with van der Waals surface area (Å²) in [6.45, 7) is 2.51. The number of nitrogens with one attached hydrogen (secondary N) is 2. The fourth-order valence-electron chi connectivity index (χ4n) is 3.04. The molecule has 0 aliphatic rings. The summed E-state index contributed by atoms with van der Waals surface area (Å²) in [6, 6.07) is 6.83. The molecule has 3 rings (SSSR count). The maximum absolute atomic E-state index is 12.7. The van der Waals surface area contributed by atoms with Crippen LogP contribution in [0.15, 0.2) is 41.5 Å². The third kappa shape index (κ3) is 4.87. The van der Waals surface area contributed by atoms with E-state index in [1.54, 1.807) is 48.4 Å². The standard InChI is InChI=1S/C20H24N6O3/c1-3-4-7-10-26-20(29)16-9-6-5-8-15(16)18(24-26)19(28)23-22-17(27)11-14-12-21-25(2)13-14/h5-6,8-9,12-13H,3-4,7,10-11H2,1-2H3,(H,22,27)(H,23,28). The van der Waals surface area contributed by atoms with E-state index in [0.29, 0.717) is 17.3 Å². The van der Waals surface area contributed by atoms with Crippen molar-refractivity contribution >= 4 is 22.6 Å². The van der Waals surface area contributed by atoms with Gasteiger partial charge < -0.3 is 0 Å². The van der Waals surface area contributed by atoms with Crippen molar-refractivity contribution in [1.82, 2.24) is 30.4 Å². The molecule has 2 aromatic heterocycles. The SMILES string of the molecule is CCCCCn1nc(C(=O)NNC(=O)Cc2cnn(C)c2)c2ccccc2c1=O. The van der Waals surface area contributed by atoms with Gasteiger partial charge in [-0.3, -0.25) is 29.9 Å². The van der Waals surface area contributed by atoms with Crippen LogP contribution in [0.5, 0.6) is 0 Å². The van der Waals surface area contributed by atoms with E-state index in [1.165, 1.54) is 4.68 Å². The minimum atomic E-state index is -0.579. The van der Waals surface area contributed by atoms with Gasteiger partial charge in [0, 0.05) is 25.2 Å². The predicted octanol–water partition coefficient (Wildman–Crippen LogP) is 1.32. The highest BCUT2D eigenvalue weighted by Crippen LogP contribution is 2.13. The van der Waals surface area contributed by atoms with Gasteiger partial charge in [0.05, 0.1) is 18.0 Å². The summed E-state index contributed by atoms with van der Waals surface area (Å²) in [4.78, 5) is 37.4. The van der Waals surface area contributed by atoms with Gasteiger partial charge in [-0.25, -0.2) is 4.68 Å². The van der Waals surface area contributed by atoms with Crippen molar-refractivity contribution in [2.45, 2.75) is 39.2 Å². The molecule has 29 heavy (non-hydrogen) atoms. The van der Waals surface area contributed by atoms with Crippen molar-refractivity contribution < 1.29 is 9.59 Å². The van der Waals surface area contributed by atoms with Gasteiger partial charge >= 0.3 is 0 Å². The molecule has 2 N–H and O–H groups in total. The Kier molecular flexibility index (Phi) is 6.38. The van der Waals surface area contributed by atoms with Gasteiger partial charge in [0.2, 0.25) is 5.91 Å². The number of hydrogen-bond donors (Lipinski definition) is 2. The fraction of sp³-hybridized carbons (Fsp3) is 0.350. The van der Waals surface area contributed by atoms with Crippen molar-refractivity contribution in [3.8, 4) is 0 Å². The van der Waals surface area contributed by atoms with Crippen molar-refractivity contribution in [1.29, 1.82) is 0 Å². The quantitative estimate of drug-likeness (QED) is 0.462. The molecule has 9 heteroatoms. The predicted molar refractivity (Wildman–Crippen MR) is 108 cm³/mol. The number of fused-ring (bicyclic) bond motifs is 1. The highest BCUT2D eigenvalue weighted by atomic mass is 16.2. The van der Waals surface area contributed by atoms with Crippen LogP contribution in [0.1, 0.15) is 42.2 Å². The molecule has 0 aliphatic heterocycles. The van der Waals surface area contributed by atoms with Gasteiger partial charge in [-0.05, 0) is 18.1 Å². The van der Waals surface area contributed by atoms with Gasteiger partial charge in [-0.1, -0.05) is 38.0 Å². The highest BCUT2D eigenvalue weighted by Gasteiger charge is 2.17. The fourth-order valence-corrected chi connectivity index (χ4v) is 3.04. The minimum absolute atomic E-state index is 0.0822. The van der Waals surface area contributed by atoms with Gasteiger partial charge in [0.15, 0.2) is 5.69 Å². The number of hydrazine groups is 1. The number of aryl methyl sites for hydroxylation is 2. The van der Waals surface area contributed by atoms with E-state index in [9.17, 15) is 14.4 Å². The first-order valence-electron chi connectivity index (χ1n) is 9.56. The Labute approximate surface area is 167 Å². The van der Waals surface area contributed by atoms with Crippen molar-refractivity contribution in [3.05, 3.63) is 58.3 Å². The summed E-state index contributed by atoms with van der Waals surface area (Å²) in [6.07, 6.45) is 6.17. The zero-order chi connectivity index (χ0) is 20.8. The number of carbonyl (C=O) groups excluding carboxylic acids is 2. The Morgan fingerprint density at radius 2 is 1.86 bits per heavy atom. The maximum atomic E-state index is 12.7. The van der Waals surface area contributed by atoms with Crippen LogP contribution in [0.3, 0.4) is 0 Å². The maximum Gasteiger partial charge on any atom is 0.290 e. The van der Waals surface area contributed by atoms with E-state index < -0.39 is 5.91 Å². The molecular weight excluding hydrogens is 372 g/mol. The first-order chi connectivity index (χ1) is 14.0. The smallest absolute Gasteiger partial charge is 0.276 e. The number of carbonyl (C=O) groups is 2. The molecule has 0 spiro atoms. The van der Waals surface area contributed by atoms with E-state index in [0.717, 1.165) is 24.8 Å². The van der Waals surface area contributed by atoms with Crippen molar-refractivity contribution in [3.63, 3.8) is 0 Å². The molecular formula is C20H24N6O3. The molecule has 0 bridgehead atoms. The molecule has 0 atom stereocenters. The second-order valence-corrected chi connectivity index (χ2v) is 6.83. The summed E-state index contributed by atoms with van der Waals surface area (Å²) in [7, 11) is 1.76. The van der Waals surface area contributed by atoms with Crippen LogP contribution < -0.4 is 16.4 Å². The summed E-state index contributed by atoms with van der Waals surface area (Å²) in [5.41, 5.74) is 5.37. The summed E-state index contributed by atoms with van der Waals surface area (Å²) in [5.74, 6) is -0.961. The van der Waals surface area contributed by atoms with Crippen molar-refractivity contribution in [2.75, 3.05) is 0 Å². The number of benzene rings is 1. The number of rotatable bonds is 7. The van der Waals surface area contributed by atoms with E-state index in [1.807, 2.05) is 0 Å². The molecule has 2 amide bonds. The van der Waals surface area contributed by atoms with Crippen LogP contribution in [0.2, 0.25) is 0 Å². The summed E-state index contributed by atoms with van der Waals surface area (Å²) >= 11 is 0. The van der Waals surface area contributed by atoms with Gasteiger partial charge in [-0.2, -0.15) is 10.2 Å². The largest absolute Gasteiger partial charge is 0.290 e. The topological polar surface area (TPSA) is 111 Å². The lowest BCUT2D eigenvalue weighted by molar-refractivity contribution is -0.121. The number of aromatic nitrogens is 4. The first kappa shape index (κ1) is 20.2. The molecule has 0 unspecified atom stereocenters. The Balaban J connectivity index is 1.78. The molecule has 3 aromatic rings. The van der Waals surface area contributed by atoms with Gasteiger partial charge in [0.25, 0.3) is 11.5 Å². The van der Waals surface area contributed by atoms with Crippen LogP contribution in [0, 0.1) is 0 Å². The summed E-state index contributed by atoms with van der Waals surface area (Å²) in [5, 5.41) is 9.14. The second kappa shape index (κ2) is 9.13. The lowest BCUT2D eigenvalue weighted by Crippen LogP contribution is -2.43. The first-order valence-corrected chi connectivity index (χ1v) is 9.56. The molecule has 2 heterocycles. The number of hydrogen-bond acceptors (Lipinski definition) is 5. The third-order valence-corrected chi connectivity index (χ3v) is 4.49. The molecule has 0 radical (unpaired) electrons. The lowest BCUT2D eigenvalue weighted by atomic mass is 10.1. The Hall–Kier alpha value is -3.49. The van der Waals surface area contributed by atoms with Crippen LogP contribution >= 0.6 is 0 Å². The van der Waals surface area contributed by atoms with E-state index in [2.05, 4.69) is 28.0 Å². The van der Waals surface area contributed by atoms with Gasteiger partial charge in [0.1, 0.15) is 0 Å². The number of amides is 2. The average Bonchev–Trinajstić information content (AvgIpc) is 3.12. The van der Waals surface area contributed by atoms with E-state index >= 15 is 0 Å². The Morgan fingerprint density at radius 3 is 2.55 bits per heavy atom. The Morgan fingerprint density at radius 1 is 1.10 bits per heavy atom. The van der Waals surface area contributed by atoms with Crippen LogP contribution in [0.25, 0.3) is 10.8 Å². The molecule has 1 aromatic carbocycles. The average molecular weight is 396 g/mol. The molecule has 0 fully saturated rings. The lowest BCUT2D eigenvalue weighted by Gasteiger charge is -2.11. The Bertz CT molecular complexity index is 1090. The second-order valence-electron chi connectivity index (χ2n) is 6.83. The van der Waals surface area contributed by atoms with Gasteiger partial charge in [-0.15, -0.1) is 0 Å². The molecule has 152 valence electrons. The summed E-state index contributed by atoms with van der Waals surface area (Å²) < 4.78 is 2.92. The zero-order valence-corrected chi connectivity index (χ0v) is 16.5. The van der Waals surface area contributed by atoms with Crippen molar-refractivity contribution in [2.24, 2.45) is 7.05 Å². The van der Waals surface area contributed by atoms with Crippen LogP contribution in [-0.4, -0.2) is 31.4 Å². The monoisotopic (exact) mass is 396 g/mol. The number of unbranched alkanes of at least 4 members (excludes halogenated alkanes) is 2.